The van der Waals surface area contributed by atoms with E-state index in [2.05, 4.69) is 32.5 Å². The number of benzene rings is 2. The standard InChI is InChI=1S/C18H17BrN4O/c1-2-12-23(13-14-6-4-3-5-7-14)18(24)17(21-22-20)15-8-10-16(19)11-9-15/h2-11,17H,1,12-13H2. The second-order valence-corrected chi connectivity index (χ2v) is 6.07. The van der Waals surface area contributed by atoms with Crippen LogP contribution in [0, 0.1) is 0 Å². The van der Waals surface area contributed by atoms with Crippen molar-refractivity contribution in [1.29, 1.82) is 0 Å². The lowest BCUT2D eigenvalue weighted by molar-refractivity contribution is -0.132. The lowest BCUT2D eigenvalue weighted by atomic mass is 10.1. The molecule has 0 aliphatic rings. The highest BCUT2D eigenvalue weighted by Crippen LogP contribution is 2.23. The van der Waals surface area contributed by atoms with E-state index in [-0.39, 0.29) is 5.91 Å². The first-order valence-electron chi connectivity index (χ1n) is 7.39. The van der Waals surface area contributed by atoms with Crippen molar-refractivity contribution >= 4 is 21.8 Å². The third kappa shape index (κ3) is 4.72. The third-order valence-electron chi connectivity index (χ3n) is 3.46. The molecule has 0 heterocycles. The zero-order valence-electron chi connectivity index (χ0n) is 13.0. The molecule has 0 N–H and O–H groups in total. The number of hydrogen-bond donors (Lipinski definition) is 0. The van der Waals surface area contributed by atoms with E-state index in [0.29, 0.717) is 18.7 Å². The van der Waals surface area contributed by atoms with Gasteiger partial charge in [-0.2, -0.15) is 0 Å². The van der Waals surface area contributed by atoms with Crippen molar-refractivity contribution in [2.45, 2.75) is 12.6 Å². The molecule has 6 heteroatoms. The summed E-state index contributed by atoms with van der Waals surface area (Å²) in [5.74, 6) is -0.251. The topological polar surface area (TPSA) is 69.1 Å². The molecule has 0 aliphatic heterocycles. The maximum Gasteiger partial charge on any atom is 0.236 e. The van der Waals surface area contributed by atoms with E-state index >= 15 is 0 Å². The van der Waals surface area contributed by atoms with Crippen molar-refractivity contribution in [3.05, 3.63) is 93.3 Å². The van der Waals surface area contributed by atoms with Crippen LogP contribution in [0.1, 0.15) is 17.2 Å². The first-order chi connectivity index (χ1) is 11.7. The van der Waals surface area contributed by atoms with Gasteiger partial charge in [0.1, 0.15) is 6.04 Å². The van der Waals surface area contributed by atoms with Crippen LogP contribution in [0.5, 0.6) is 0 Å². The Hall–Kier alpha value is -2.56. The van der Waals surface area contributed by atoms with Crippen LogP contribution in [-0.4, -0.2) is 17.4 Å². The van der Waals surface area contributed by atoms with Crippen LogP contribution in [0.25, 0.3) is 10.4 Å². The molecule has 2 aromatic rings. The monoisotopic (exact) mass is 384 g/mol. The van der Waals surface area contributed by atoms with Gasteiger partial charge in [-0.1, -0.05) is 69.6 Å². The summed E-state index contributed by atoms with van der Waals surface area (Å²) >= 11 is 3.36. The minimum absolute atomic E-state index is 0.251. The molecule has 0 aliphatic carbocycles. The molecule has 5 nitrogen and oxygen atoms in total. The predicted octanol–water partition coefficient (Wildman–Crippen LogP) is 5.02. The first-order valence-corrected chi connectivity index (χ1v) is 8.18. The minimum Gasteiger partial charge on any atom is -0.334 e. The molecule has 122 valence electrons. The molecule has 2 aromatic carbocycles. The van der Waals surface area contributed by atoms with Gasteiger partial charge in [0, 0.05) is 22.5 Å². The Morgan fingerprint density at radius 3 is 2.50 bits per heavy atom. The van der Waals surface area contributed by atoms with Gasteiger partial charge in [0.05, 0.1) is 0 Å². The maximum atomic E-state index is 12.9. The summed E-state index contributed by atoms with van der Waals surface area (Å²) in [7, 11) is 0. The van der Waals surface area contributed by atoms with Crippen LogP contribution in [0.4, 0.5) is 0 Å². The maximum absolute atomic E-state index is 12.9. The highest BCUT2D eigenvalue weighted by atomic mass is 79.9. The van der Waals surface area contributed by atoms with E-state index in [9.17, 15) is 4.79 Å². The van der Waals surface area contributed by atoms with Crippen LogP contribution in [0.15, 0.2) is 76.8 Å². The van der Waals surface area contributed by atoms with Gasteiger partial charge >= 0.3 is 0 Å². The van der Waals surface area contributed by atoms with E-state index in [0.717, 1.165) is 10.0 Å². The van der Waals surface area contributed by atoms with Crippen molar-refractivity contribution in [1.82, 2.24) is 4.90 Å². The van der Waals surface area contributed by atoms with Gasteiger partial charge in [0.15, 0.2) is 0 Å². The van der Waals surface area contributed by atoms with Gasteiger partial charge in [-0.3, -0.25) is 4.79 Å². The van der Waals surface area contributed by atoms with Crippen molar-refractivity contribution in [2.75, 3.05) is 6.54 Å². The molecule has 0 bridgehead atoms. The Kier molecular flexibility index (Phi) is 6.61. The zero-order chi connectivity index (χ0) is 17.4. The molecule has 0 aromatic heterocycles. The summed E-state index contributed by atoms with van der Waals surface area (Å²) in [6, 6.07) is 16.0. The number of rotatable bonds is 7. The molecule has 2 rings (SSSR count). The Labute approximate surface area is 149 Å². The van der Waals surface area contributed by atoms with Gasteiger partial charge in [0.2, 0.25) is 5.91 Å². The smallest absolute Gasteiger partial charge is 0.236 e. The van der Waals surface area contributed by atoms with Crippen molar-refractivity contribution < 1.29 is 4.79 Å². The van der Waals surface area contributed by atoms with Gasteiger partial charge in [-0.05, 0) is 28.8 Å². The number of halogens is 1. The molecule has 1 unspecified atom stereocenters. The third-order valence-corrected chi connectivity index (χ3v) is 3.99. The van der Waals surface area contributed by atoms with Crippen LogP contribution in [0.2, 0.25) is 0 Å². The Balaban J connectivity index is 2.28. The fourth-order valence-electron chi connectivity index (χ4n) is 2.32. The Morgan fingerprint density at radius 1 is 1.25 bits per heavy atom. The summed E-state index contributed by atoms with van der Waals surface area (Å²) in [4.78, 5) is 17.4. The number of azide groups is 1. The molecule has 0 saturated carbocycles. The van der Waals surface area contributed by atoms with Crippen LogP contribution < -0.4 is 0 Å². The largest absolute Gasteiger partial charge is 0.334 e. The molecule has 0 fully saturated rings. The lowest BCUT2D eigenvalue weighted by Crippen LogP contribution is -2.34. The minimum atomic E-state index is -0.897. The van der Waals surface area contributed by atoms with Gasteiger partial charge < -0.3 is 4.90 Å². The number of nitrogens with zero attached hydrogens (tertiary/aromatic N) is 4. The zero-order valence-corrected chi connectivity index (χ0v) is 14.6. The summed E-state index contributed by atoms with van der Waals surface area (Å²) in [5, 5.41) is 3.71. The highest BCUT2D eigenvalue weighted by Gasteiger charge is 2.24. The molecular weight excluding hydrogens is 368 g/mol. The molecule has 0 spiro atoms. The SMILES string of the molecule is C=CCN(Cc1ccccc1)C(=O)C(N=[N+]=[N-])c1ccc(Br)cc1. The number of amides is 1. The molecule has 1 amide bonds. The van der Waals surface area contributed by atoms with Crippen LogP contribution >= 0.6 is 15.9 Å². The van der Waals surface area contributed by atoms with Crippen LogP contribution in [0.3, 0.4) is 0 Å². The fourth-order valence-corrected chi connectivity index (χ4v) is 2.58. The van der Waals surface area contributed by atoms with E-state index in [1.165, 1.54) is 0 Å². The van der Waals surface area contributed by atoms with Crippen molar-refractivity contribution in [3.63, 3.8) is 0 Å². The second kappa shape index (κ2) is 8.91. The van der Waals surface area contributed by atoms with Crippen LogP contribution in [-0.2, 0) is 11.3 Å². The van der Waals surface area contributed by atoms with Crippen molar-refractivity contribution in [3.8, 4) is 0 Å². The predicted molar refractivity (Wildman–Crippen MR) is 98.1 cm³/mol. The number of carbonyl (C=O) groups is 1. The first kappa shape index (κ1) is 17.8. The lowest BCUT2D eigenvalue weighted by Gasteiger charge is -2.24. The molecule has 0 radical (unpaired) electrons. The number of hydrogen-bond acceptors (Lipinski definition) is 2. The highest BCUT2D eigenvalue weighted by molar-refractivity contribution is 9.10. The Bertz CT molecular complexity index is 739. The summed E-state index contributed by atoms with van der Waals surface area (Å²) in [5.41, 5.74) is 10.5. The summed E-state index contributed by atoms with van der Waals surface area (Å²) in [6.45, 7) is 4.52. The van der Waals surface area contributed by atoms with Crippen molar-refractivity contribution in [2.24, 2.45) is 5.11 Å². The summed E-state index contributed by atoms with van der Waals surface area (Å²) < 4.78 is 0.894. The molecular formula is C18H17BrN4O. The molecule has 1 atom stereocenters. The Morgan fingerprint density at radius 2 is 1.92 bits per heavy atom. The normalized spacial score (nSPS) is 11.2. The average Bonchev–Trinajstić information content (AvgIpc) is 2.60. The van der Waals surface area contributed by atoms with Gasteiger partial charge in [-0.15, -0.1) is 6.58 Å². The summed E-state index contributed by atoms with van der Waals surface area (Å²) in [6.07, 6.45) is 1.66. The average molecular weight is 385 g/mol. The van der Waals surface area contributed by atoms with E-state index in [4.69, 9.17) is 5.53 Å². The van der Waals surface area contributed by atoms with E-state index < -0.39 is 6.04 Å². The van der Waals surface area contributed by atoms with Gasteiger partial charge in [-0.25, -0.2) is 0 Å². The second-order valence-electron chi connectivity index (χ2n) is 5.15. The van der Waals surface area contributed by atoms with E-state index in [1.807, 2.05) is 42.5 Å². The quantitative estimate of drug-likeness (QED) is 0.286. The molecule has 0 saturated heterocycles. The van der Waals surface area contributed by atoms with Gasteiger partial charge in [0.25, 0.3) is 0 Å². The molecule has 24 heavy (non-hydrogen) atoms. The number of carbonyl (C=O) groups excluding carboxylic acids is 1. The van der Waals surface area contributed by atoms with E-state index in [1.54, 1.807) is 23.1 Å². The fraction of sp³-hybridized carbons (Fsp3) is 0.167.